The fourth-order valence-corrected chi connectivity index (χ4v) is 1.75. The van der Waals surface area contributed by atoms with Crippen molar-refractivity contribution >= 4 is 23.6 Å². The van der Waals surface area contributed by atoms with Gasteiger partial charge in [-0.25, -0.2) is 4.79 Å². The molecule has 1 aromatic rings. The molecule has 1 aromatic carbocycles. The second-order valence-electron chi connectivity index (χ2n) is 4.28. The van der Waals surface area contributed by atoms with Gasteiger partial charge in [-0.3, -0.25) is 9.59 Å². The van der Waals surface area contributed by atoms with E-state index in [0.717, 1.165) is 0 Å². The lowest BCUT2D eigenvalue weighted by atomic mass is 10.1. The van der Waals surface area contributed by atoms with E-state index in [1.165, 1.54) is 7.11 Å². The van der Waals surface area contributed by atoms with Crippen LogP contribution in [0.5, 0.6) is 0 Å². The molecule has 0 unspecified atom stereocenters. The molecular weight excluding hydrogens is 274 g/mol. The minimum absolute atomic E-state index is 0.150. The van der Waals surface area contributed by atoms with Crippen LogP contribution in [0.4, 0.5) is 10.5 Å². The molecule has 0 aromatic heterocycles. The van der Waals surface area contributed by atoms with Crippen LogP contribution in [-0.4, -0.2) is 43.0 Å². The van der Waals surface area contributed by atoms with Gasteiger partial charge in [0.2, 0.25) is 0 Å². The predicted octanol–water partition coefficient (Wildman–Crippen LogP) is 1.20. The summed E-state index contributed by atoms with van der Waals surface area (Å²) in [5.41, 5.74) is 5.98. The van der Waals surface area contributed by atoms with Crippen molar-refractivity contribution < 1.29 is 19.1 Å². The molecule has 21 heavy (non-hydrogen) atoms. The summed E-state index contributed by atoms with van der Waals surface area (Å²) < 4.78 is 4.55. The monoisotopic (exact) mass is 293 g/mol. The zero-order chi connectivity index (χ0) is 15.8. The molecule has 1 rings (SSSR count). The highest BCUT2D eigenvalue weighted by atomic mass is 16.5. The molecule has 7 nitrogen and oxygen atoms in total. The minimum Gasteiger partial charge on any atom is -0.469 e. The topological polar surface area (TPSA) is 102 Å². The van der Waals surface area contributed by atoms with Gasteiger partial charge in [-0.2, -0.15) is 0 Å². The van der Waals surface area contributed by atoms with E-state index >= 15 is 0 Å². The third kappa shape index (κ3) is 5.13. The maximum absolute atomic E-state index is 12.3. The van der Waals surface area contributed by atoms with Crippen LogP contribution < -0.4 is 11.1 Å². The maximum atomic E-state index is 12.3. The van der Waals surface area contributed by atoms with Gasteiger partial charge < -0.3 is 20.7 Å². The quantitative estimate of drug-likeness (QED) is 0.769. The summed E-state index contributed by atoms with van der Waals surface area (Å²) in [6, 6.07) is 5.70. The summed E-state index contributed by atoms with van der Waals surface area (Å²) in [6.07, 6.45) is 0.150. The van der Waals surface area contributed by atoms with Gasteiger partial charge in [0.25, 0.3) is 5.91 Å². The Morgan fingerprint density at radius 3 is 2.33 bits per heavy atom. The van der Waals surface area contributed by atoms with Gasteiger partial charge in [0.05, 0.1) is 13.5 Å². The first-order chi connectivity index (χ1) is 9.97. The van der Waals surface area contributed by atoms with Crippen LogP contribution in [0.1, 0.15) is 23.7 Å². The lowest BCUT2D eigenvalue weighted by molar-refractivity contribution is -0.140. The lowest BCUT2D eigenvalue weighted by Gasteiger charge is -2.20. The number of primary amides is 1. The van der Waals surface area contributed by atoms with Gasteiger partial charge in [0.1, 0.15) is 0 Å². The van der Waals surface area contributed by atoms with Crippen molar-refractivity contribution in [3.05, 3.63) is 29.8 Å². The predicted molar refractivity (Wildman–Crippen MR) is 77.9 cm³/mol. The number of carbonyl (C=O) groups excluding carboxylic acids is 3. The Bertz CT molecular complexity index is 513. The van der Waals surface area contributed by atoms with E-state index in [1.807, 2.05) is 6.92 Å². The molecular formula is C14H19N3O4. The first-order valence-corrected chi connectivity index (χ1v) is 6.50. The van der Waals surface area contributed by atoms with E-state index < -0.39 is 6.03 Å². The number of methoxy groups -OCH3 is 1. The van der Waals surface area contributed by atoms with Gasteiger partial charge in [-0.05, 0) is 31.2 Å². The van der Waals surface area contributed by atoms with Gasteiger partial charge in [-0.15, -0.1) is 0 Å². The second kappa shape index (κ2) is 7.88. The van der Waals surface area contributed by atoms with Crippen LogP contribution in [0.3, 0.4) is 0 Å². The van der Waals surface area contributed by atoms with Crippen molar-refractivity contribution in [3.8, 4) is 0 Å². The summed E-state index contributed by atoms with van der Waals surface area (Å²) in [5, 5.41) is 2.41. The average Bonchev–Trinajstić information content (AvgIpc) is 2.47. The SMILES string of the molecule is CCN(CCC(=O)OC)C(=O)c1ccc(NC(N)=O)cc1. The average molecular weight is 293 g/mol. The highest BCUT2D eigenvalue weighted by Crippen LogP contribution is 2.12. The normalized spacial score (nSPS) is 9.81. The van der Waals surface area contributed by atoms with Crippen LogP contribution in [-0.2, 0) is 9.53 Å². The van der Waals surface area contributed by atoms with Crippen LogP contribution >= 0.6 is 0 Å². The van der Waals surface area contributed by atoms with Crippen LogP contribution in [0.2, 0.25) is 0 Å². The molecule has 0 bridgehead atoms. The van der Waals surface area contributed by atoms with E-state index in [4.69, 9.17) is 5.73 Å². The molecule has 0 saturated carbocycles. The summed E-state index contributed by atoms with van der Waals surface area (Å²) in [4.78, 5) is 35.7. The highest BCUT2D eigenvalue weighted by Gasteiger charge is 2.15. The molecule has 3 amide bonds. The number of hydrogen-bond acceptors (Lipinski definition) is 4. The lowest BCUT2D eigenvalue weighted by Crippen LogP contribution is -2.33. The second-order valence-corrected chi connectivity index (χ2v) is 4.28. The fourth-order valence-electron chi connectivity index (χ4n) is 1.75. The number of anilines is 1. The van der Waals surface area contributed by atoms with Crippen LogP contribution in [0.15, 0.2) is 24.3 Å². The molecule has 0 aliphatic heterocycles. The number of nitrogens with zero attached hydrogens (tertiary/aromatic N) is 1. The highest BCUT2D eigenvalue weighted by molar-refractivity contribution is 5.95. The molecule has 0 atom stereocenters. The Balaban J connectivity index is 2.71. The number of nitrogens with one attached hydrogen (secondary N) is 1. The van der Waals surface area contributed by atoms with E-state index in [-0.39, 0.29) is 18.3 Å². The van der Waals surface area contributed by atoms with Gasteiger partial charge in [0.15, 0.2) is 0 Å². The zero-order valence-corrected chi connectivity index (χ0v) is 12.1. The summed E-state index contributed by atoms with van der Waals surface area (Å²) in [7, 11) is 1.31. The standard InChI is InChI=1S/C14H19N3O4/c1-3-17(9-8-12(18)21-2)13(19)10-4-6-11(7-5-10)16-14(15)20/h4-7H,3,8-9H2,1-2H3,(H3,15,16,20). The first kappa shape index (κ1) is 16.5. The Labute approximate surface area is 123 Å². The molecule has 0 spiro atoms. The molecule has 7 heteroatoms. The van der Waals surface area contributed by atoms with Crippen molar-refractivity contribution in [3.63, 3.8) is 0 Å². The minimum atomic E-state index is -0.665. The van der Waals surface area contributed by atoms with Crippen LogP contribution in [0.25, 0.3) is 0 Å². The summed E-state index contributed by atoms with van der Waals surface area (Å²) in [6.45, 7) is 2.61. The Morgan fingerprint density at radius 1 is 1.24 bits per heavy atom. The largest absolute Gasteiger partial charge is 0.469 e. The van der Waals surface area contributed by atoms with Crippen molar-refractivity contribution in [1.29, 1.82) is 0 Å². The molecule has 0 aliphatic carbocycles. The smallest absolute Gasteiger partial charge is 0.316 e. The first-order valence-electron chi connectivity index (χ1n) is 6.50. The summed E-state index contributed by atoms with van der Waals surface area (Å²) >= 11 is 0. The molecule has 3 N–H and O–H groups in total. The number of hydrogen-bond donors (Lipinski definition) is 2. The molecule has 0 fully saturated rings. The maximum Gasteiger partial charge on any atom is 0.316 e. The number of benzene rings is 1. The number of urea groups is 1. The third-order valence-electron chi connectivity index (χ3n) is 2.88. The van der Waals surface area contributed by atoms with Gasteiger partial charge in [0, 0.05) is 24.3 Å². The number of esters is 1. The molecule has 0 heterocycles. The Kier molecular flexibility index (Phi) is 6.19. The van der Waals surface area contributed by atoms with E-state index in [9.17, 15) is 14.4 Å². The Hall–Kier alpha value is -2.57. The van der Waals surface area contributed by atoms with Crippen molar-refractivity contribution in [2.45, 2.75) is 13.3 Å². The Morgan fingerprint density at radius 2 is 1.86 bits per heavy atom. The molecule has 0 saturated heterocycles. The van der Waals surface area contributed by atoms with Gasteiger partial charge >= 0.3 is 12.0 Å². The number of carbonyl (C=O) groups is 3. The summed E-state index contributed by atoms with van der Waals surface area (Å²) in [5.74, 6) is -0.547. The van der Waals surface area contributed by atoms with E-state index in [0.29, 0.717) is 24.3 Å². The van der Waals surface area contributed by atoms with Crippen molar-refractivity contribution in [2.75, 3.05) is 25.5 Å². The third-order valence-corrected chi connectivity index (χ3v) is 2.88. The van der Waals surface area contributed by atoms with E-state index in [2.05, 4.69) is 10.1 Å². The fraction of sp³-hybridized carbons (Fsp3) is 0.357. The number of amides is 3. The zero-order valence-electron chi connectivity index (χ0n) is 12.1. The van der Waals surface area contributed by atoms with Gasteiger partial charge in [-0.1, -0.05) is 0 Å². The number of nitrogens with two attached hydrogens (primary N) is 1. The van der Waals surface area contributed by atoms with Crippen LogP contribution in [0, 0.1) is 0 Å². The number of ether oxygens (including phenoxy) is 1. The number of rotatable bonds is 6. The van der Waals surface area contributed by atoms with E-state index in [1.54, 1.807) is 29.2 Å². The van der Waals surface area contributed by atoms with Crippen molar-refractivity contribution in [1.82, 2.24) is 4.90 Å². The molecule has 114 valence electrons. The molecule has 0 aliphatic rings. The van der Waals surface area contributed by atoms with Crippen molar-refractivity contribution in [2.24, 2.45) is 5.73 Å². The molecule has 0 radical (unpaired) electrons.